The van der Waals surface area contributed by atoms with Crippen LogP contribution >= 0.6 is 0 Å². The Morgan fingerprint density at radius 2 is 1.17 bits per heavy atom. The van der Waals surface area contributed by atoms with Gasteiger partial charge in [-0.15, -0.1) is 0 Å². The summed E-state index contributed by atoms with van der Waals surface area (Å²) in [6.07, 6.45) is -4.47. The van der Waals surface area contributed by atoms with Crippen LogP contribution in [0.2, 0.25) is 0 Å². The monoisotopic (exact) mass is 589 g/mol. The average molecular weight is 589 g/mol. The molecule has 0 unspecified atom stereocenters. The van der Waals surface area contributed by atoms with Crippen LogP contribution in [0, 0.1) is 34.5 Å². The van der Waals surface area contributed by atoms with Crippen molar-refractivity contribution in [3.05, 3.63) is 124 Å². The Morgan fingerprint density at radius 3 is 1.54 bits per heavy atom. The molecule has 4 aromatic carbocycles. The first-order valence-corrected chi connectivity index (χ1v) is 11.0. The van der Waals surface area contributed by atoms with Gasteiger partial charge in [0, 0.05) is 12.1 Å². The predicted octanol–water partition coefficient (Wildman–Crippen LogP) is 7.72. The first kappa shape index (κ1) is 33.9. The minimum absolute atomic E-state index is 0.0856. The summed E-state index contributed by atoms with van der Waals surface area (Å²) < 4.78 is 96.1. The number of hydrogen-bond acceptors (Lipinski definition) is 6. The van der Waals surface area contributed by atoms with E-state index >= 15 is 0 Å². The standard InChI is InChI=1S/C7H5F4N.C7H8FN.C6H5F2N.C6H5FN2O2/c8-5-2-1-4(3-6(5)12)7(9,10)11;1-5-2-3-6(8)7(9)4-5;7-9(8)6-4-2-1-3-5-6;7-5-2-1-4(9(10)11)3-6(5)8/h1-3H,12H2;2-4H,9H2,1H3;1-5H;1-3H,8H2. The third-order valence-corrected chi connectivity index (χ3v) is 4.62. The zero-order valence-electron chi connectivity index (χ0n) is 21.0. The first-order valence-electron chi connectivity index (χ1n) is 11.0. The van der Waals surface area contributed by atoms with E-state index in [1.807, 2.05) is 6.92 Å². The summed E-state index contributed by atoms with van der Waals surface area (Å²) in [5.74, 6) is -1.83. The van der Waals surface area contributed by atoms with Crippen LogP contribution < -0.4 is 22.5 Å². The summed E-state index contributed by atoms with van der Waals surface area (Å²) in [5, 5.41) is 9.18. The molecule has 0 spiro atoms. The van der Waals surface area contributed by atoms with Gasteiger partial charge in [-0.25, -0.2) is 13.2 Å². The van der Waals surface area contributed by atoms with Gasteiger partial charge in [0.1, 0.15) is 23.1 Å². The van der Waals surface area contributed by atoms with Crippen molar-refractivity contribution in [2.75, 3.05) is 22.5 Å². The molecule has 0 heterocycles. The maximum Gasteiger partial charge on any atom is 0.416 e. The van der Waals surface area contributed by atoms with Crippen molar-refractivity contribution in [1.82, 2.24) is 0 Å². The van der Waals surface area contributed by atoms with E-state index in [2.05, 4.69) is 0 Å². The molecule has 4 rings (SSSR count). The van der Waals surface area contributed by atoms with Crippen molar-refractivity contribution in [2.45, 2.75) is 13.1 Å². The SMILES string of the molecule is Cc1ccc(F)c(N)c1.FN(F)c1ccccc1.Nc1cc(C(F)(F)F)ccc1F.Nc1cc([N+](=O)[O-])ccc1F. The lowest BCUT2D eigenvalue weighted by Crippen LogP contribution is -2.06. The molecule has 0 saturated heterocycles. The van der Waals surface area contributed by atoms with E-state index in [1.165, 1.54) is 18.2 Å². The van der Waals surface area contributed by atoms with Gasteiger partial charge in [0.05, 0.1) is 27.5 Å². The summed E-state index contributed by atoms with van der Waals surface area (Å²) in [6.45, 7) is 1.87. The molecule has 7 nitrogen and oxygen atoms in total. The fourth-order valence-electron chi connectivity index (χ4n) is 2.57. The molecule has 0 bridgehead atoms. The molecule has 0 aliphatic rings. The second-order valence-corrected chi connectivity index (χ2v) is 7.79. The smallest absolute Gasteiger partial charge is 0.396 e. The molecule has 0 fully saturated rings. The highest BCUT2D eigenvalue weighted by Crippen LogP contribution is 2.30. The number of rotatable bonds is 2. The Hall–Kier alpha value is -5.08. The first-order chi connectivity index (χ1) is 19.0. The summed E-state index contributed by atoms with van der Waals surface area (Å²) in [5.41, 5.74) is 14.5. The van der Waals surface area contributed by atoms with Crippen molar-refractivity contribution in [1.29, 1.82) is 0 Å². The van der Waals surface area contributed by atoms with Crippen LogP contribution in [0.3, 0.4) is 0 Å². The Kier molecular flexibility index (Phi) is 12.8. The van der Waals surface area contributed by atoms with Gasteiger partial charge < -0.3 is 17.2 Å². The summed E-state index contributed by atoms with van der Waals surface area (Å²) in [6, 6.07) is 17.0. The Labute approximate surface area is 228 Å². The molecule has 0 amide bonds. The second kappa shape index (κ2) is 15.5. The van der Waals surface area contributed by atoms with Crippen LogP contribution in [0.4, 0.5) is 63.7 Å². The van der Waals surface area contributed by atoms with Crippen molar-refractivity contribution < 1.29 is 40.2 Å². The Balaban J connectivity index is 0.000000275. The molecule has 0 aliphatic carbocycles. The molecule has 0 aliphatic heterocycles. The van der Waals surface area contributed by atoms with Gasteiger partial charge in [-0.05, 0) is 66.4 Å². The highest BCUT2D eigenvalue weighted by molar-refractivity contribution is 5.48. The van der Waals surface area contributed by atoms with Crippen molar-refractivity contribution in [3.8, 4) is 0 Å². The number of hydrogen-bond donors (Lipinski definition) is 3. The van der Waals surface area contributed by atoms with Gasteiger partial charge in [-0.3, -0.25) is 10.1 Å². The van der Waals surface area contributed by atoms with Crippen LogP contribution in [-0.2, 0) is 6.18 Å². The molecule has 4 aromatic rings. The van der Waals surface area contributed by atoms with E-state index in [4.69, 9.17) is 17.2 Å². The molecule has 220 valence electrons. The minimum atomic E-state index is -4.47. The third-order valence-electron chi connectivity index (χ3n) is 4.62. The number of non-ortho nitro benzene ring substituents is 1. The average Bonchev–Trinajstić information content (AvgIpc) is 2.90. The zero-order chi connectivity index (χ0) is 31.3. The highest BCUT2D eigenvalue weighted by Gasteiger charge is 2.30. The number of nitro groups is 1. The number of nitrogens with two attached hydrogens (primary N) is 3. The number of benzene rings is 4. The Bertz CT molecular complexity index is 1420. The fraction of sp³-hybridized carbons (Fsp3) is 0.0769. The maximum absolute atomic E-state index is 12.4. The van der Waals surface area contributed by atoms with Gasteiger partial charge in [-0.1, -0.05) is 33.2 Å². The summed E-state index contributed by atoms with van der Waals surface area (Å²) in [4.78, 5) is 9.46. The van der Waals surface area contributed by atoms with E-state index in [9.17, 15) is 45.4 Å². The number of para-hydroxylation sites is 1. The zero-order valence-corrected chi connectivity index (χ0v) is 21.0. The van der Waals surface area contributed by atoms with E-state index in [-0.39, 0.29) is 28.6 Å². The van der Waals surface area contributed by atoms with Gasteiger partial charge in [0.2, 0.25) is 0 Å². The maximum atomic E-state index is 12.4. The summed E-state index contributed by atoms with van der Waals surface area (Å²) >= 11 is 0. The normalized spacial score (nSPS) is 10.1. The molecule has 0 atom stereocenters. The molecule has 15 heteroatoms. The molecule has 0 aromatic heterocycles. The van der Waals surface area contributed by atoms with Gasteiger partial charge >= 0.3 is 6.18 Å². The van der Waals surface area contributed by atoms with E-state index < -0.39 is 39.3 Å². The van der Waals surface area contributed by atoms with Gasteiger partial charge in [-0.2, -0.15) is 13.2 Å². The van der Waals surface area contributed by atoms with Crippen molar-refractivity contribution in [3.63, 3.8) is 0 Å². The Morgan fingerprint density at radius 1 is 0.707 bits per heavy atom. The van der Waals surface area contributed by atoms with Crippen LogP contribution in [0.15, 0.2) is 84.9 Å². The largest absolute Gasteiger partial charge is 0.416 e. The molecule has 41 heavy (non-hydrogen) atoms. The number of nitrogen functional groups attached to an aromatic ring is 3. The number of anilines is 4. The lowest BCUT2D eigenvalue weighted by molar-refractivity contribution is -0.384. The van der Waals surface area contributed by atoms with E-state index in [1.54, 1.807) is 30.3 Å². The van der Waals surface area contributed by atoms with Crippen molar-refractivity contribution >= 4 is 28.4 Å². The minimum Gasteiger partial charge on any atom is -0.396 e. The predicted molar refractivity (Wildman–Crippen MR) is 140 cm³/mol. The summed E-state index contributed by atoms with van der Waals surface area (Å²) in [7, 11) is 0. The lowest BCUT2D eigenvalue weighted by Gasteiger charge is -2.06. The number of alkyl halides is 3. The molecular formula is C26H23F8N5O2. The molecular weight excluding hydrogens is 566 g/mol. The van der Waals surface area contributed by atoms with E-state index in [0.717, 1.165) is 23.8 Å². The van der Waals surface area contributed by atoms with Crippen LogP contribution in [0.1, 0.15) is 11.1 Å². The van der Waals surface area contributed by atoms with Gasteiger partial charge in [0.25, 0.3) is 5.69 Å². The highest BCUT2D eigenvalue weighted by atomic mass is 19.4. The lowest BCUT2D eigenvalue weighted by atomic mass is 10.2. The molecule has 0 saturated carbocycles. The van der Waals surface area contributed by atoms with Crippen LogP contribution in [0.5, 0.6) is 0 Å². The van der Waals surface area contributed by atoms with Crippen LogP contribution in [-0.4, -0.2) is 4.92 Å². The quantitative estimate of drug-likeness (QED) is 0.0723. The molecule has 6 N–H and O–H groups in total. The van der Waals surface area contributed by atoms with Gasteiger partial charge in [0.15, 0.2) is 0 Å². The number of halogens is 8. The van der Waals surface area contributed by atoms with Crippen LogP contribution in [0.25, 0.3) is 0 Å². The van der Waals surface area contributed by atoms with E-state index in [0.29, 0.717) is 18.2 Å². The number of nitro benzene ring substituents is 1. The second-order valence-electron chi connectivity index (χ2n) is 7.79. The topological polar surface area (TPSA) is 124 Å². The molecule has 0 radical (unpaired) electrons. The van der Waals surface area contributed by atoms with Crippen molar-refractivity contribution in [2.24, 2.45) is 0 Å². The number of aryl methyl sites for hydroxylation is 1. The fourth-order valence-corrected chi connectivity index (χ4v) is 2.57. The third kappa shape index (κ3) is 12.1. The number of nitrogens with zero attached hydrogens (tertiary/aromatic N) is 2.